The topological polar surface area (TPSA) is 52.7 Å². The predicted octanol–water partition coefficient (Wildman–Crippen LogP) is 3.59. The SMILES string of the molecule is O=C(CN1CCN(C(=O)c2cc3c(s2)-c2ccccc2CC3)CC1)NCc1ccccc1. The van der Waals surface area contributed by atoms with Crippen molar-refractivity contribution in [2.24, 2.45) is 0 Å². The normalized spacial score (nSPS) is 15.7. The molecule has 6 heteroatoms. The molecular weight excluding hydrogens is 418 g/mol. The summed E-state index contributed by atoms with van der Waals surface area (Å²) in [7, 11) is 0. The molecule has 1 aliphatic heterocycles. The van der Waals surface area contributed by atoms with Gasteiger partial charge in [-0.25, -0.2) is 0 Å². The summed E-state index contributed by atoms with van der Waals surface area (Å²) < 4.78 is 0. The molecule has 2 amide bonds. The van der Waals surface area contributed by atoms with Gasteiger partial charge in [-0.1, -0.05) is 54.6 Å². The molecule has 2 aromatic carbocycles. The van der Waals surface area contributed by atoms with Gasteiger partial charge in [-0.3, -0.25) is 14.5 Å². The molecule has 32 heavy (non-hydrogen) atoms. The molecule has 3 aromatic rings. The van der Waals surface area contributed by atoms with E-state index in [-0.39, 0.29) is 11.8 Å². The van der Waals surface area contributed by atoms with Crippen molar-refractivity contribution in [2.75, 3.05) is 32.7 Å². The molecular formula is C26H27N3O2S. The van der Waals surface area contributed by atoms with Crippen LogP contribution in [0.4, 0.5) is 0 Å². The van der Waals surface area contributed by atoms with E-state index in [1.54, 1.807) is 11.3 Å². The number of carbonyl (C=O) groups excluding carboxylic acids is 2. The van der Waals surface area contributed by atoms with Gasteiger partial charge in [0.15, 0.2) is 0 Å². The quantitative estimate of drug-likeness (QED) is 0.653. The Morgan fingerprint density at radius 3 is 2.41 bits per heavy atom. The highest BCUT2D eigenvalue weighted by atomic mass is 32.1. The van der Waals surface area contributed by atoms with Crippen molar-refractivity contribution >= 4 is 23.2 Å². The zero-order chi connectivity index (χ0) is 21.9. The van der Waals surface area contributed by atoms with Crippen molar-refractivity contribution in [3.8, 4) is 10.4 Å². The number of carbonyl (C=O) groups is 2. The van der Waals surface area contributed by atoms with Gasteiger partial charge in [0.1, 0.15) is 0 Å². The third kappa shape index (κ3) is 4.47. The van der Waals surface area contributed by atoms with Crippen LogP contribution in [0.1, 0.15) is 26.4 Å². The number of nitrogens with zero attached hydrogens (tertiary/aromatic N) is 2. The minimum absolute atomic E-state index is 0.0261. The van der Waals surface area contributed by atoms with Crippen LogP contribution in [-0.2, 0) is 24.2 Å². The number of piperazine rings is 1. The molecule has 5 nitrogen and oxygen atoms in total. The van der Waals surface area contributed by atoms with E-state index in [0.29, 0.717) is 26.2 Å². The molecule has 0 spiro atoms. The van der Waals surface area contributed by atoms with Crippen LogP contribution >= 0.6 is 11.3 Å². The Balaban J connectivity index is 1.15. The largest absolute Gasteiger partial charge is 0.351 e. The van der Waals surface area contributed by atoms with E-state index in [0.717, 1.165) is 36.4 Å². The lowest BCUT2D eigenvalue weighted by molar-refractivity contribution is -0.122. The highest BCUT2D eigenvalue weighted by Gasteiger charge is 2.27. The fourth-order valence-corrected chi connectivity index (χ4v) is 5.74. The predicted molar refractivity (Wildman–Crippen MR) is 128 cm³/mol. The number of thiophene rings is 1. The molecule has 1 saturated heterocycles. The molecule has 1 N–H and O–H groups in total. The van der Waals surface area contributed by atoms with Gasteiger partial charge in [-0.05, 0) is 41.2 Å². The number of benzene rings is 2. The fourth-order valence-electron chi connectivity index (χ4n) is 4.50. The van der Waals surface area contributed by atoms with E-state index in [9.17, 15) is 9.59 Å². The summed E-state index contributed by atoms with van der Waals surface area (Å²) in [6.07, 6.45) is 2.04. The first-order valence-corrected chi connectivity index (χ1v) is 12.0. The van der Waals surface area contributed by atoms with Crippen LogP contribution in [0.5, 0.6) is 0 Å². The highest BCUT2D eigenvalue weighted by Crippen LogP contribution is 2.39. The number of rotatable bonds is 5. The van der Waals surface area contributed by atoms with Gasteiger partial charge in [0.2, 0.25) is 5.91 Å². The fraction of sp³-hybridized carbons (Fsp3) is 0.308. The Bertz CT molecular complexity index is 1120. The van der Waals surface area contributed by atoms with E-state index >= 15 is 0 Å². The van der Waals surface area contributed by atoms with E-state index in [2.05, 4.69) is 40.5 Å². The molecule has 164 valence electrons. The third-order valence-electron chi connectivity index (χ3n) is 6.30. The van der Waals surface area contributed by atoms with Crippen molar-refractivity contribution in [1.29, 1.82) is 0 Å². The number of aryl methyl sites for hydroxylation is 2. The Morgan fingerprint density at radius 1 is 0.875 bits per heavy atom. The van der Waals surface area contributed by atoms with Gasteiger partial charge < -0.3 is 10.2 Å². The van der Waals surface area contributed by atoms with Crippen LogP contribution in [0.2, 0.25) is 0 Å². The molecule has 0 atom stereocenters. The maximum Gasteiger partial charge on any atom is 0.264 e. The summed E-state index contributed by atoms with van der Waals surface area (Å²) in [6, 6.07) is 20.5. The summed E-state index contributed by atoms with van der Waals surface area (Å²) in [5, 5.41) is 2.98. The molecule has 1 fully saturated rings. The molecule has 2 heterocycles. The lowest BCUT2D eigenvalue weighted by atomic mass is 9.91. The number of fused-ring (bicyclic) bond motifs is 3. The standard InChI is InChI=1S/C26H27N3O2S/c30-24(27-17-19-6-2-1-3-7-19)18-28-12-14-29(15-13-28)26(31)23-16-21-11-10-20-8-4-5-9-22(20)25(21)32-23/h1-9,16H,10-15,17-18H2,(H,27,30). The van der Waals surface area contributed by atoms with Crippen molar-refractivity contribution < 1.29 is 9.59 Å². The molecule has 0 saturated carbocycles. The van der Waals surface area contributed by atoms with Gasteiger partial charge in [-0.2, -0.15) is 0 Å². The minimum Gasteiger partial charge on any atom is -0.351 e. The third-order valence-corrected chi connectivity index (χ3v) is 7.50. The summed E-state index contributed by atoms with van der Waals surface area (Å²) >= 11 is 1.63. The molecule has 5 rings (SSSR count). The first-order valence-electron chi connectivity index (χ1n) is 11.2. The summed E-state index contributed by atoms with van der Waals surface area (Å²) in [6.45, 7) is 3.67. The smallest absolute Gasteiger partial charge is 0.264 e. The van der Waals surface area contributed by atoms with Crippen molar-refractivity contribution in [3.05, 3.63) is 82.2 Å². The van der Waals surface area contributed by atoms with Gasteiger partial charge in [-0.15, -0.1) is 11.3 Å². The second-order valence-corrected chi connectivity index (χ2v) is 9.51. The average Bonchev–Trinajstić information content (AvgIpc) is 3.28. The minimum atomic E-state index is 0.0261. The van der Waals surface area contributed by atoms with Crippen LogP contribution < -0.4 is 5.32 Å². The molecule has 1 aromatic heterocycles. The lowest BCUT2D eigenvalue weighted by Crippen LogP contribution is -2.51. The summed E-state index contributed by atoms with van der Waals surface area (Å²) in [5.41, 5.74) is 5.05. The van der Waals surface area contributed by atoms with Crippen LogP contribution in [0, 0.1) is 0 Å². The van der Waals surface area contributed by atoms with Crippen molar-refractivity contribution in [1.82, 2.24) is 15.1 Å². The van der Waals surface area contributed by atoms with Crippen molar-refractivity contribution in [2.45, 2.75) is 19.4 Å². The Hall–Kier alpha value is -2.96. The van der Waals surface area contributed by atoms with E-state index in [4.69, 9.17) is 0 Å². The van der Waals surface area contributed by atoms with E-state index in [1.807, 2.05) is 35.2 Å². The maximum absolute atomic E-state index is 13.2. The summed E-state index contributed by atoms with van der Waals surface area (Å²) in [4.78, 5) is 31.6. The monoisotopic (exact) mass is 445 g/mol. The van der Waals surface area contributed by atoms with Gasteiger partial charge in [0.05, 0.1) is 11.4 Å². The van der Waals surface area contributed by atoms with Gasteiger partial charge in [0.25, 0.3) is 5.91 Å². The van der Waals surface area contributed by atoms with Gasteiger partial charge in [0, 0.05) is 37.6 Å². The first-order chi connectivity index (χ1) is 15.7. The van der Waals surface area contributed by atoms with E-state index < -0.39 is 0 Å². The molecule has 0 bridgehead atoms. The zero-order valence-electron chi connectivity index (χ0n) is 18.0. The Kier molecular flexibility index (Phi) is 6.06. The molecule has 0 radical (unpaired) electrons. The number of nitrogens with one attached hydrogen (secondary N) is 1. The second-order valence-electron chi connectivity index (χ2n) is 8.45. The Labute approximate surface area is 192 Å². The number of hydrogen-bond acceptors (Lipinski definition) is 4. The zero-order valence-corrected chi connectivity index (χ0v) is 18.9. The van der Waals surface area contributed by atoms with Crippen molar-refractivity contribution in [3.63, 3.8) is 0 Å². The van der Waals surface area contributed by atoms with Crippen LogP contribution in [0.3, 0.4) is 0 Å². The number of hydrogen-bond donors (Lipinski definition) is 1. The van der Waals surface area contributed by atoms with Gasteiger partial charge >= 0.3 is 0 Å². The highest BCUT2D eigenvalue weighted by molar-refractivity contribution is 7.17. The number of amides is 2. The van der Waals surface area contributed by atoms with Crippen LogP contribution in [0.25, 0.3) is 10.4 Å². The van der Waals surface area contributed by atoms with Crippen LogP contribution in [0.15, 0.2) is 60.7 Å². The van der Waals surface area contributed by atoms with Crippen LogP contribution in [-0.4, -0.2) is 54.3 Å². The lowest BCUT2D eigenvalue weighted by Gasteiger charge is -2.34. The van der Waals surface area contributed by atoms with E-state index in [1.165, 1.54) is 21.6 Å². The molecule has 0 unspecified atom stereocenters. The Morgan fingerprint density at radius 2 is 1.59 bits per heavy atom. The summed E-state index contributed by atoms with van der Waals surface area (Å²) in [5.74, 6) is 0.147. The second kappa shape index (κ2) is 9.27. The maximum atomic E-state index is 13.2. The molecule has 1 aliphatic carbocycles. The average molecular weight is 446 g/mol. The molecule has 2 aliphatic rings. The first kappa shape index (κ1) is 20.9.